The number of methoxy groups -OCH3 is 1. The number of nitrogens with zero attached hydrogens (tertiary/aromatic N) is 1. The number of amides is 1. The fourth-order valence-electron chi connectivity index (χ4n) is 2.20. The highest BCUT2D eigenvalue weighted by atomic mass is 16.5. The molecule has 18 heavy (non-hydrogen) atoms. The molecule has 1 aliphatic rings. The van der Waals surface area contributed by atoms with Crippen molar-refractivity contribution in [3.63, 3.8) is 0 Å². The Balaban J connectivity index is 2.19. The van der Waals surface area contributed by atoms with Crippen LogP contribution in [0.25, 0.3) is 0 Å². The van der Waals surface area contributed by atoms with Gasteiger partial charge in [-0.15, -0.1) is 0 Å². The zero-order valence-corrected chi connectivity index (χ0v) is 10.3. The summed E-state index contributed by atoms with van der Waals surface area (Å²) in [5.74, 6) is 0.0836. The zero-order valence-electron chi connectivity index (χ0n) is 10.3. The summed E-state index contributed by atoms with van der Waals surface area (Å²) in [7, 11) is 1.45. The van der Waals surface area contributed by atoms with Gasteiger partial charge in [0.05, 0.1) is 12.7 Å². The largest absolute Gasteiger partial charge is 0.504 e. The molecular weight excluding hydrogens is 234 g/mol. The van der Waals surface area contributed by atoms with Crippen LogP contribution in [0.15, 0.2) is 18.2 Å². The van der Waals surface area contributed by atoms with Crippen LogP contribution in [0, 0.1) is 5.92 Å². The van der Waals surface area contributed by atoms with Crippen LogP contribution in [0.3, 0.4) is 0 Å². The molecule has 98 valence electrons. The summed E-state index contributed by atoms with van der Waals surface area (Å²) in [5, 5.41) is 19.0. The van der Waals surface area contributed by atoms with Gasteiger partial charge in [0.2, 0.25) is 0 Å². The number of aliphatic hydroxyl groups excluding tert-OH is 1. The van der Waals surface area contributed by atoms with E-state index in [-0.39, 0.29) is 29.7 Å². The third-order valence-corrected chi connectivity index (χ3v) is 3.28. The van der Waals surface area contributed by atoms with E-state index in [4.69, 9.17) is 9.84 Å². The van der Waals surface area contributed by atoms with Gasteiger partial charge in [-0.25, -0.2) is 0 Å². The molecule has 0 bridgehead atoms. The Kier molecular flexibility index (Phi) is 3.72. The van der Waals surface area contributed by atoms with E-state index >= 15 is 0 Å². The van der Waals surface area contributed by atoms with Gasteiger partial charge in [-0.3, -0.25) is 4.79 Å². The van der Waals surface area contributed by atoms with Crippen molar-refractivity contribution in [3.8, 4) is 11.5 Å². The predicted octanol–water partition coefficient (Wildman–Crippen LogP) is 0.855. The number of likely N-dealkylation sites (tertiary alicyclic amines) is 1. The highest BCUT2D eigenvalue weighted by Gasteiger charge is 2.28. The minimum absolute atomic E-state index is 0.0911. The lowest BCUT2D eigenvalue weighted by atomic mass is 10.1. The lowest BCUT2D eigenvalue weighted by molar-refractivity contribution is 0.0778. The van der Waals surface area contributed by atoms with Gasteiger partial charge >= 0.3 is 0 Å². The first kappa shape index (κ1) is 12.7. The summed E-state index contributed by atoms with van der Waals surface area (Å²) in [4.78, 5) is 13.9. The topological polar surface area (TPSA) is 70.0 Å². The van der Waals surface area contributed by atoms with Crippen molar-refractivity contribution in [1.82, 2.24) is 4.90 Å². The first-order valence-corrected chi connectivity index (χ1v) is 5.93. The number of hydrogen-bond acceptors (Lipinski definition) is 4. The van der Waals surface area contributed by atoms with Gasteiger partial charge in [-0.2, -0.15) is 0 Å². The molecule has 5 nitrogen and oxygen atoms in total. The fraction of sp³-hybridized carbons (Fsp3) is 0.462. The zero-order chi connectivity index (χ0) is 13.1. The fourth-order valence-corrected chi connectivity index (χ4v) is 2.20. The van der Waals surface area contributed by atoms with Gasteiger partial charge in [0, 0.05) is 25.6 Å². The first-order chi connectivity index (χ1) is 8.67. The number of carbonyl (C=O) groups is 1. The molecule has 0 aliphatic carbocycles. The number of ether oxygens (including phenoxy) is 1. The van der Waals surface area contributed by atoms with E-state index < -0.39 is 0 Å². The van der Waals surface area contributed by atoms with Crippen molar-refractivity contribution < 1.29 is 19.7 Å². The Morgan fingerprint density at radius 2 is 2.33 bits per heavy atom. The number of hydrogen-bond donors (Lipinski definition) is 2. The third-order valence-electron chi connectivity index (χ3n) is 3.28. The summed E-state index contributed by atoms with van der Waals surface area (Å²) < 4.78 is 4.98. The second-order valence-corrected chi connectivity index (χ2v) is 4.44. The van der Waals surface area contributed by atoms with Gasteiger partial charge < -0.3 is 19.8 Å². The average molecular weight is 251 g/mol. The number of carbonyl (C=O) groups excluding carboxylic acids is 1. The average Bonchev–Trinajstić information content (AvgIpc) is 2.87. The Labute approximate surface area is 106 Å². The molecule has 1 aromatic rings. The number of aromatic hydroxyl groups is 1. The summed E-state index contributed by atoms with van der Waals surface area (Å²) in [5.41, 5.74) is 0.243. The van der Waals surface area contributed by atoms with Crippen LogP contribution >= 0.6 is 0 Å². The lowest BCUT2D eigenvalue weighted by Gasteiger charge is -2.17. The molecule has 0 saturated carbocycles. The molecule has 5 heteroatoms. The summed E-state index contributed by atoms with van der Waals surface area (Å²) in [6.07, 6.45) is 0.799. The standard InChI is InChI=1S/C13H17NO4/c1-18-11-4-2-3-10(12(11)16)13(17)14-6-5-9(7-14)8-15/h2-4,9,15-16H,5-8H2,1H3. The minimum atomic E-state index is -0.220. The quantitative estimate of drug-likeness (QED) is 0.835. The molecular formula is C13H17NO4. The van der Waals surface area contributed by atoms with E-state index in [2.05, 4.69) is 0 Å². The predicted molar refractivity (Wildman–Crippen MR) is 65.8 cm³/mol. The Morgan fingerprint density at radius 3 is 2.94 bits per heavy atom. The molecule has 2 rings (SSSR count). The minimum Gasteiger partial charge on any atom is -0.504 e. The van der Waals surface area contributed by atoms with E-state index in [9.17, 15) is 9.90 Å². The number of benzene rings is 1. The van der Waals surface area contributed by atoms with Gasteiger partial charge in [-0.1, -0.05) is 6.07 Å². The smallest absolute Gasteiger partial charge is 0.257 e. The molecule has 2 N–H and O–H groups in total. The summed E-state index contributed by atoms with van der Waals surface area (Å²) in [6, 6.07) is 4.85. The SMILES string of the molecule is COc1cccc(C(=O)N2CCC(CO)C2)c1O. The lowest BCUT2D eigenvalue weighted by Crippen LogP contribution is -2.29. The number of aliphatic hydroxyl groups is 1. The maximum Gasteiger partial charge on any atom is 0.257 e. The van der Waals surface area contributed by atoms with Gasteiger partial charge in [0.25, 0.3) is 5.91 Å². The van der Waals surface area contributed by atoms with Gasteiger partial charge in [0.1, 0.15) is 0 Å². The first-order valence-electron chi connectivity index (χ1n) is 5.93. The molecule has 1 amide bonds. The highest BCUT2D eigenvalue weighted by molar-refractivity contribution is 5.97. The maximum absolute atomic E-state index is 12.2. The second-order valence-electron chi connectivity index (χ2n) is 4.44. The van der Waals surface area contributed by atoms with Crippen LogP contribution < -0.4 is 4.74 Å². The molecule has 1 heterocycles. The molecule has 1 aromatic carbocycles. The number of phenolic OH excluding ortho intramolecular Hbond substituents is 1. The van der Waals surface area contributed by atoms with E-state index in [1.165, 1.54) is 7.11 Å². The third kappa shape index (κ3) is 2.26. The molecule has 1 saturated heterocycles. The Hall–Kier alpha value is -1.75. The van der Waals surface area contributed by atoms with E-state index in [0.29, 0.717) is 18.8 Å². The molecule has 1 fully saturated rings. The van der Waals surface area contributed by atoms with E-state index in [1.54, 1.807) is 23.1 Å². The van der Waals surface area contributed by atoms with E-state index in [1.807, 2.05) is 0 Å². The van der Waals surface area contributed by atoms with Crippen molar-refractivity contribution >= 4 is 5.91 Å². The monoisotopic (exact) mass is 251 g/mol. The van der Waals surface area contributed by atoms with Crippen LogP contribution in [0.1, 0.15) is 16.8 Å². The van der Waals surface area contributed by atoms with Crippen LogP contribution in [0.4, 0.5) is 0 Å². The Bertz CT molecular complexity index is 447. The van der Waals surface area contributed by atoms with Gasteiger partial charge in [-0.05, 0) is 18.6 Å². The van der Waals surface area contributed by atoms with Crippen molar-refractivity contribution in [2.45, 2.75) is 6.42 Å². The Morgan fingerprint density at radius 1 is 1.56 bits per heavy atom. The molecule has 0 radical (unpaired) electrons. The van der Waals surface area contributed by atoms with Crippen LogP contribution in [0.2, 0.25) is 0 Å². The van der Waals surface area contributed by atoms with E-state index in [0.717, 1.165) is 6.42 Å². The van der Waals surface area contributed by atoms with Crippen LogP contribution in [-0.2, 0) is 0 Å². The molecule has 0 spiro atoms. The van der Waals surface area contributed by atoms with Crippen molar-refractivity contribution in [2.24, 2.45) is 5.92 Å². The number of phenols is 1. The van der Waals surface area contributed by atoms with Crippen molar-refractivity contribution in [1.29, 1.82) is 0 Å². The number of rotatable bonds is 3. The molecule has 1 aliphatic heterocycles. The number of para-hydroxylation sites is 1. The second kappa shape index (κ2) is 5.27. The van der Waals surface area contributed by atoms with Crippen molar-refractivity contribution in [3.05, 3.63) is 23.8 Å². The van der Waals surface area contributed by atoms with Crippen LogP contribution in [-0.4, -0.2) is 47.8 Å². The highest BCUT2D eigenvalue weighted by Crippen LogP contribution is 2.31. The normalized spacial score (nSPS) is 19.0. The van der Waals surface area contributed by atoms with Gasteiger partial charge in [0.15, 0.2) is 11.5 Å². The van der Waals surface area contributed by atoms with Crippen LogP contribution in [0.5, 0.6) is 11.5 Å². The maximum atomic E-state index is 12.2. The molecule has 1 unspecified atom stereocenters. The van der Waals surface area contributed by atoms with Crippen molar-refractivity contribution in [2.75, 3.05) is 26.8 Å². The summed E-state index contributed by atoms with van der Waals surface area (Å²) >= 11 is 0. The molecule has 1 atom stereocenters. The molecule has 0 aromatic heterocycles. The summed E-state index contributed by atoms with van der Waals surface area (Å²) in [6.45, 7) is 1.24.